The van der Waals surface area contributed by atoms with Gasteiger partial charge in [0.15, 0.2) is 0 Å². The largest absolute Gasteiger partial charge is 0.383 e. The molecule has 0 unspecified atom stereocenters. The summed E-state index contributed by atoms with van der Waals surface area (Å²) in [5.74, 6) is 1.05. The van der Waals surface area contributed by atoms with Crippen LogP contribution in [0.4, 0.5) is 0 Å². The normalized spacial score (nSPS) is 11.3. The Labute approximate surface area is 114 Å². The number of ether oxygens (including phenoxy) is 1. The van der Waals surface area contributed by atoms with E-state index in [1.54, 1.807) is 7.11 Å². The summed E-state index contributed by atoms with van der Waals surface area (Å²) in [6, 6.07) is 0. The molecule has 0 atom stereocenters. The summed E-state index contributed by atoms with van der Waals surface area (Å²) >= 11 is 4.22. The summed E-state index contributed by atoms with van der Waals surface area (Å²) in [5.41, 5.74) is 0. The van der Waals surface area contributed by atoms with Crippen molar-refractivity contribution in [1.29, 1.82) is 0 Å². The second kappa shape index (κ2) is 14.3. The summed E-state index contributed by atoms with van der Waals surface area (Å²) in [7, 11) is 1.78. The fraction of sp³-hybridized carbons (Fsp3) is 1.00. The van der Waals surface area contributed by atoms with Crippen LogP contribution in [0.1, 0.15) is 51.9 Å². The molecular formula is C14H31NOS. The van der Waals surface area contributed by atoms with Gasteiger partial charge in [-0.15, -0.1) is 0 Å². The minimum absolute atomic E-state index is 0.859. The molecule has 0 aromatic heterocycles. The lowest BCUT2D eigenvalue weighted by atomic mass is 10.1. The first-order valence-corrected chi connectivity index (χ1v) is 7.80. The van der Waals surface area contributed by atoms with Gasteiger partial charge in [-0.1, -0.05) is 39.0 Å². The first-order valence-electron chi connectivity index (χ1n) is 7.17. The highest BCUT2D eigenvalue weighted by molar-refractivity contribution is 7.80. The Morgan fingerprint density at radius 1 is 0.882 bits per heavy atom. The van der Waals surface area contributed by atoms with Crippen molar-refractivity contribution in [1.82, 2.24) is 4.90 Å². The van der Waals surface area contributed by atoms with Crippen LogP contribution in [0.5, 0.6) is 0 Å². The van der Waals surface area contributed by atoms with Gasteiger partial charge in [0.25, 0.3) is 0 Å². The molecule has 0 aliphatic carbocycles. The molecule has 0 aliphatic rings. The first kappa shape index (κ1) is 17.3. The highest BCUT2D eigenvalue weighted by Gasteiger charge is 2.00. The lowest BCUT2D eigenvalue weighted by Gasteiger charge is -2.19. The van der Waals surface area contributed by atoms with Gasteiger partial charge in [-0.3, -0.25) is 0 Å². The molecule has 0 aromatic carbocycles. The number of hydrogen-bond donors (Lipinski definition) is 1. The van der Waals surface area contributed by atoms with Crippen molar-refractivity contribution < 1.29 is 4.74 Å². The molecule has 0 aliphatic heterocycles. The van der Waals surface area contributed by atoms with Crippen LogP contribution in [0.2, 0.25) is 0 Å². The van der Waals surface area contributed by atoms with Crippen molar-refractivity contribution in [3.8, 4) is 0 Å². The quantitative estimate of drug-likeness (QED) is 0.401. The van der Waals surface area contributed by atoms with Crippen LogP contribution in [0.3, 0.4) is 0 Å². The molecule has 0 saturated carbocycles. The summed E-state index contributed by atoms with van der Waals surface area (Å²) in [6.45, 7) is 6.54. The van der Waals surface area contributed by atoms with Gasteiger partial charge >= 0.3 is 0 Å². The number of nitrogens with zero attached hydrogens (tertiary/aromatic N) is 1. The molecule has 0 saturated heterocycles. The third-order valence-electron chi connectivity index (χ3n) is 3.19. The number of rotatable bonds is 13. The van der Waals surface area contributed by atoms with E-state index in [9.17, 15) is 0 Å². The zero-order chi connectivity index (χ0) is 12.8. The van der Waals surface area contributed by atoms with Gasteiger partial charge in [-0.25, -0.2) is 0 Å². The fourth-order valence-corrected chi connectivity index (χ4v) is 2.20. The van der Waals surface area contributed by atoms with Crippen molar-refractivity contribution in [2.75, 3.05) is 39.1 Å². The second-order valence-electron chi connectivity index (χ2n) is 4.63. The van der Waals surface area contributed by atoms with Crippen molar-refractivity contribution in [2.45, 2.75) is 51.9 Å². The lowest BCUT2D eigenvalue weighted by molar-refractivity contribution is 0.149. The second-order valence-corrected chi connectivity index (χ2v) is 5.07. The molecule has 0 fully saturated rings. The van der Waals surface area contributed by atoms with Crippen LogP contribution in [-0.2, 0) is 4.74 Å². The maximum atomic E-state index is 5.11. The van der Waals surface area contributed by atoms with Crippen LogP contribution in [-0.4, -0.2) is 44.0 Å². The van der Waals surface area contributed by atoms with E-state index in [1.807, 2.05) is 0 Å². The van der Waals surface area contributed by atoms with Crippen molar-refractivity contribution >= 4 is 12.6 Å². The van der Waals surface area contributed by atoms with Crippen LogP contribution in [0, 0.1) is 0 Å². The van der Waals surface area contributed by atoms with E-state index < -0.39 is 0 Å². The molecule has 0 amide bonds. The Morgan fingerprint density at radius 2 is 1.47 bits per heavy atom. The number of methoxy groups -OCH3 is 1. The molecule has 104 valence electrons. The van der Waals surface area contributed by atoms with Gasteiger partial charge in [-0.05, 0) is 31.7 Å². The molecule has 0 bridgehead atoms. The summed E-state index contributed by atoms with van der Waals surface area (Å²) < 4.78 is 5.11. The third-order valence-corrected chi connectivity index (χ3v) is 3.51. The molecule has 0 aromatic rings. The standard InChI is InChI=1S/C14H31NOS/c1-3-15(12-13-16-2)11-9-7-5-4-6-8-10-14-17/h17H,3-14H2,1-2H3. The molecular weight excluding hydrogens is 230 g/mol. The van der Waals surface area contributed by atoms with Crippen molar-refractivity contribution in [3.05, 3.63) is 0 Å². The van der Waals surface area contributed by atoms with Gasteiger partial charge in [0.1, 0.15) is 0 Å². The van der Waals surface area contributed by atoms with Gasteiger partial charge in [-0.2, -0.15) is 12.6 Å². The molecule has 0 radical (unpaired) electrons. The van der Waals surface area contributed by atoms with Gasteiger partial charge < -0.3 is 9.64 Å². The predicted octanol–water partition coefficient (Wildman–Crippen LogP) is 3.62. The fourth-order valence-electron chi connectivity index (χ4n) is 1.98. The first-order chi connectivity index (χ1) is 8.35. The van der Waals surface area contributed by atoms with E-state index >= 15 is 0 Å². The molecule has 3 heteroatoms. The Morgan fingerprint density at radius 3 is 2.00 bits per heavy atom. The van der Waals surface area contributed by atoms with Crippen molar-refractivity contribution in [3.63, 3.8) is 0 Å². The van der Waals surface area contributed by atoms with E-state index in [1.165, 1.54) is 51.5 Å². The molecule has 0 spiro atoms. The van der Waals surface area contributed by atoms with E-state index in [0.29, 0.717) is 0 Å². The Hall–Kier alpha value is 0.270. The van der Waals surface area contributed by atoms with E-state index in [4.69, 9.17) is 4.74 Å². The number of thiol groups is 1. The van der Waals surface area contributed by atoms with Crippen LogP contribution in [0.25, 0.3) is 0 Å². The molecule has 17 heavy (non-hydrogen) atoms. The maximum absolute atomic E-state index is 5.11. The maximum Gasteiger partial charge on any atom is 0.0589 e. The average Bonchev–Trinajstić information content (AvgIpc) is 2.36. The Balaban J connectivity index is 3.19. The summed E-state index contributed by atoms with van der Waals surface area (Å²) in [5, 5.41) is 0. The summed E-state index contributed by atoms with van der Waals surface area (Å²) in [4.78, 5) is 2.48. The SMILES string of the molecule is CCN(CCCCCCCCCS)CCOC. The average molecular weight is 261 g/mol. The van der Waals surface area contributed by atoms with E-state index in [2.05, 4.69) is 24.5 Å². The Bertz CT molecular complexity index is 144. The zero-order valence-corrected chi connectivity index (χ0v) is 12.7. The van der Waals surface area contributed by atoms with Crippen LogP contribution in [0.15, 0.2) is 0 Å². The molecule has 0 rings (SSSR count). The summed E-state index contributed by atoms with van der Waals surface area (Å²) in [6.07, 6.45) is 9.55. The number of unbranched alkanes of at least 4 members (excludes halogenated alkanes) is 6. The van der Waals surface area contributed by atoms with Crippen LogP contribution >= 0.6 is 12.6 Å². The van der Waals surface area contributed by atoms with E-state index in [-0.39, 0.29) is 0 Å². The van der Waals surface area contributed by atoms with Crippen LogP contribution < -0.4 is 0 Å². The van der Waals surface area contributed by atoms with Gasteiger partial charge in [0.05, 0.1) is 6.61 Å². The number of likely N-dealkylation sites (N-methyl/N-ethyl adjacent to an activating group) is 1. The monoisotopic (exact) mass is 261 g/mol. The minimum atomic E-state index is 0.859. The molecule has 2 nitrogen and oxygen atoms in total. The molecule has 0 heterocycles. The lowest BCUT2D eigenvalue weighted by Crippen LogP contribution is -2.28. The Kier molecular flexibility index (Phi) is 14.6. The van der Waals surface area contributed by atoms with Gasteiger partial charge in [0, 0.05) is 13.7 Å². The number of hydrogen-bond acceptors (Lipinski definition) is 3. The van der Waals surface area contributed by atoms with Gasteiger partial charge in [0.2, 0.25) is 0 Å². The van der Waals surface area contributed by atoms with Crippen molar-refractivity contribution in [2.24, 2.45) is 0 Å². The highest BCUT2D eigenvalue weighted by atomic mass is 32.1. The highest BCUT2D eigenvalue weighted by Crippen LogP contribution is 2.08. The third kappa shape index (κ3) is 12.5. The predicted molar refractivity (Wildman–Crippen MR) is 80.2 cm³/mol. The topological polar surface area (TPSA) is 12.5 Å². The smallest absolute Gasteiger partial charge is 0.0589 e. The minimum Gasteiger partial charge on any atom is -0.383 e. The zero-order valence-electron chi connectivity index (χ0n) is 11.8. The van der Waals surface area contributed by atoms with E-state index in [0.717, 1.165) is 25.4 Å². The molecule has 0 N–H and O–H groups in total.